The molecule has 0 aromatic carbocycles. The molecule has 0 fully saturated rings. The lowest BCUT2D eigenvalue weighted by atomic mass is 10.2. The Morgan fingerprint density at radius 1 is 1.50 bits per heavy atom. The van der Waals surface area contributed by atoms with Gasteiger partial charge in [0.15, 0.2) is 0 Å². The van der Waals surface area contributed by atoms with Crippen LogP contribution in [0.2, 0.25) is 5.15 Å². The SMILES string of the molecule is COCCN(CC(C)C)C(=O)c1cncc(Cl)n1. The van der Waals surface area contributed by atoms with Crippen LogP contribution in [0.4, 0.5) is 0 Å². The number of hydrogen-bond donors (Lipinski definition) is 0. The van der Waals surface area contributed by atoms with Gasteiger partial charge in [0.05, 0.1) is 19.0 Å². The Hall–Kier alpha value is -1.20. The Bertz CT molecular complexity index is 399. The van der Waals surface area contributed by atoms with Crippen molar-refractivity contribution in [3.63, 3.8) is 0 Å². The minimum atomic E-state index is -0.171. The maximum Gasteiger partial charge on any atom is 0.274 e. The van der Waals surface area contributed by atoms with Gasteiger partial charge in [0.1, 0.15) is 10.8 Å². The van der Waals surface area contributed by atoms with Crippen LogP contribution < -0.4 is 0 Å². The molecule has 0 unspecified atom stereocenters. The van der Waals surface area contributed by atoms with Crippen LogP contribution in [-0.4, -0.2) is 47.6 Å². The molecular formula is C12H18ClN3O2. The van der Waals surface area contributed by atoms with Crippen LogP contribution in [0.1, 0.15) is 24.3 Å². The van der Waals surface area contributed by atoms with E-state index < -0.39 is 0 Å². The lowest BCUT2D eigenvalue weighted by molar-refractivity contribution is 0.0666. The van der Waals surface area contributed by atoms with Crippen LogP contribution in [0.25, 0.3) is 0 Å². The van der Waals surface area contributed by atoms with E-state index in [0.717, 1.165) is 0 Å². The van der Waals surface area contributed by atoms with Gasteiger partial charge in [0.25, 0.3) is 5.91 Å². The van der Waals surface area contributed by atoms with Gasteiger partial charge in [-0.25, -0.2) is 4.98 Å². The molecule has 0 aliphatic rings. The molecular weight excluding hydrogens is 254 g/mol. The van der Waals surface area contributed by atoms with Crippen molar-refractivity contribution < 1.29 is 9.53 Å². The third-order valence-corrected chi connectivity index (χ3v) is 2.44. The Morgan fingerprint density at radius 2 is 2.22 bits per heavy atom. The van der Waals surface area contributed by atoms with Crippen LogP contribution in [-0.2, 0) is 4.74 Å². The lowest BCUT2D eigenvalue weighted by Crippen LogP contribution is -2.37. The highest BCUT2D eigenvalue weighted by molar-refractivity contribution is 6.29. The zero-order chi connectivity index (χ0) is 13.5. The number of halogens is 1. The van der Waals surface area contributed by atoms with E-state index in [4.69, 9.17) is 16.3 Å². The zero-order valence-corrected chi connectivity index (χ0v) is 11.6. The minimum absolute atomic E-state index is 0.171. The van der Waals surface area contributed by atoms with Crippen molar-refractivity contribution in [2.45, 2.75) is 13.8 Å². The molecule has 0 saturated carbocycles. The predicted molar refractivity (Wildman–Crippen MR) is 69.7 cm³/mol. The lowest BCUT2D eigenvalue weighted by Gasteiger charge is -2.23. The zero-order valence-electron chi connectivity index (χ0n) is 10.9. The first kappa shape index (κ1) is 14.9. The van der Waals surface area contributed by atoms with Gasteiger partial charge in [-0.05, 0) is 5.92 Å². The fourth-order valence-corrected chi connectivity index (χ4v) is 1.67. The number of nitrogens with zero attached hydrogens (tertiary/aromatic N) is 3. The largest absolute Gasteiger partial charge is 0.383 e. The molecule has 0 radical (unpaired) electrons. The molecule has 0 aliphatic carbocycles. The highest BCUT2D eigenvalue weighted by Crippen LogP contribution is 2.08. The van der Waals surface area contributed by atoms with E-state index in [0.29, 0.717) is 25.6 Å². The maximum atomic E-state index is 12.2. The maximum absolute atomic E-state index is 12.2. The molecule has 5 nitrogen and oxygen atoms in total. The topological polar surface area (TPSA) is 55.3 Å². The summed E-state index contributed by atoms with van der Waals surface area (Å²) in [5.41, 5.74) is 0.263. The second kappa shape index (κ2) is 7.28. The van der Waals surface area contributed by atoms with Crippen LogP contribution in [0.5, 0.6) is 0 Å². The molecule has 6 heteroatoms. The van der Waals surface area contributed by atoms with Crippen molar-refractivity contribution in [1.29, 1.82) is 0 Å². The Balaban J connectivity index is 2.80. The van der Waals surface area contributed by atoms with Crippen LogP contribution in [0.15, 0.2) is 12.4 Å². The summed E-state index contributed by atoms with van der Waals surface area (Å²) in [6, 6.07) is 0. The summed E-state index contributed by atoms with van der Waals surface area (Å²) in [5.74, 6) is 0.202. The highest BCUT2D eigenvalue weighted by Gasteiger charge is 2.18. The number of aromatic nitrogens is 2. The average Bonchev–Trinajstić information content (AvgIpc) is 2.33. The second-order valence-electron chi connectivity index (χ2n) is 4.36. The summed E-state index contributed by atoms with van der Waals surface area (Å²) in [5, 5.41) is 0.220. The van der Waals surface area contributed by atoms with E-state index >= 15 is 0 Å². The number of methoxy groups -OCH3 is 1. The normalized spacial score (nSPS) is 10.7. The molecule has 1 aromatic rings. The van der Waals surface area contributed by atoms with Gasteiger partial charge in [-0.2, -0.15) is 0 Å². The molecule has 100 valence electrons. The molecule has 0 bridgehead atoms. The molecule has 0 N–H and O–H groups in total. The first-order valence-corrected chi connectivity index (χ1v) is 6.18. The minimum Gasteiger partial charge on any atom is -0.383 e. The highest BCUT2D eigenvalue weighted by atomic mass is 35.5. The van der Waals surface area contributed by atoms with Crippen molar-refractivity contribution in [1.82, 2.24) is 14.9 Å². The molecule has 1 heterocycles. The molecule has 1 amide bonds. The number of rotatable bonds is 6. The Labute approximate surface area is 112 Å². The van der Waals surface area contributed by atoms with Crippen molar-refractivity contribution in [2.75, 3.05) is 26.8 Å². The number of hydrogen-bond acceptors (Lipinski definition) is 4. The molecule has 1 rings (SSSR count). The van der Waals surface area contributed by atoms with Gasteiger partial charge in [-0.1, -0.05) is 25.4 Å². The van der Waals surface area contributed by atoms with Gasteiger partial charge < -0.3 is 9.64 Å². The monoisotopic (exact) mass is 271 g/mol. The first-order chi connectivity index (χ1) is 8.54. The summed E-state index contributed by atoms with van der Waals surface area (Å²) in [6.07, 6.45) is 2.83. The fraction of sp³-hybridized carbons (Fsp3) is 0.583. The van der Waals surface area contributed by atoms with Crippen LogP contribution in [0, 0.1) is 5.92 Å². The van der Waals surface area contributed by atoms with E-state index in [-0.39, 0.29) is 16.8 Å². The summed E-state index contributed by atoms with van der Waals surface area (Å²) in [6.45, 7) is 5.78. The number of amides is 1. The van der Waals surface area contributed by atoms with Gasteiger partial charge in [-0.15, -0.1) is 0 Å². The molecule has 0 saturated heterocycles. The number of carbonyl (C=O) groups is 1. The van der Waals surface area contributed by atoms with Gasteiger partial charge in [0, 0.05) is 20.2 Å². The fourth-order valence-electron chi connectivity index (χ4n) is 1.53. The summed E-state index contributed by atoms with van der Waals surface area (Å²) in [4.78, 5) is 21.8. The number of ether oxygens (including phenoxy) is 1. The van der Waals surface area contributed by atoms with Crippen molar-refractivity contribution >= 4 is 17.5 Å². The summed E-state index contributed by atoms with van der Waals surface area (Å²) in [7, 11) is 1.61. The van der Waals surface area contributed by atoms with Gasteiger partial charge >= 0.3 is 0 Å². The van der Waals surface area contributed by atoms with Gasteiger partial charge in [0.2, 0.25) is 0 Å². The smallest absolute Gasteiger partial charge is 0.274 e. The predicted octanol–water partition coefficient (Wildman–Crippen LogP) is 1.87. The second-order valence-corrected chi connectivity index (χ2v) is 4.75. The Morgan fingerprint density at radius 3 is 2.78 bits per heavy atom. The summed E-state index contributed by atoms with van der Waals surface area (Å²) >= 11 is 5.73. The van der Waals surface area contributed by atoms with Crippen molar-refractivity contribution in [3.8, 4) is 0 Å². The third-order valence-electron chi connectivity index (χ3n) is 2.26. The van der Waals surface area contributed by atoms with Crippen LogP contribution in [0.3, 0.4) is 0 Å². The third kappa shape index (κ3) is 4.58. The van der Waals surface area contributed by atoms with E-state index in [1.807, 2.05) is 0 Å². The molecule has 0 atom stereocenters. The van der Waals surface area contributed by atoms with Crippen molar-refractivity contribution in [3.05, 3.63) is 23.2 Å². The molecule has 0 spiro atoms. The summed E-state index contributed by atoms with van der Waals surface area (Å²) < 4.78 is 5.01. The Kier molecular flexibility index (Phi) is 6.01. The number of carbonyl (C=O) groups excluding carboxylic acids is 1. The van der Waals surface area contributed by atoms with E-state index in [1.54, 1.807) is 12.0 Å². The first-order valence-electron chi connectivity index (χ1n) is 5.80. The molecule has 18 heavy (non-hydrogen) atoms. The van der Waals surface area contributed by atoms with Gasteiger partial charge in [-0.3, -0.25) is 9.78 Å². The standard InChI is InChI=1S/C12H18ClN3O2/c1-9(2)8-16(4-5-18-3)12(17)10-6-14-7-11(13)15-10/h6-7,9H,4-5,8H2,1-3H3. The van der Waals surface area contributed by atoms with E-state index in [1.165, 1.54) is 12.4 Å². The van der Waals surface area contributed by atoms with E-state index in [2.05, 4.69) is 23.8 Å². The molecule has 1 aromatic heterocycles. The van der Waals surface area contributed by atoms with Crippen molar-refractivity contribution in [2.24, 2.45) is 5.92 Å². The average molecular weight is 272 g/mol. The quantitative estimate of drug-likeness (QED) is 0.793. The van der Waals surface area contributed by atoms with Crippen LogP contribution >= 0.6 is 11.6 Å². The molecule has 0 aliphatic heterocycles. The van der Waals surface area contributed by atoms with E-state index in [9.17, 15) is 4.79 Å².